The van der Waals surface area contributed by atoms with Crippen molar-refractivity contribution in [1.29, 1.82) is 0 Å². The maximum atomic E-state index is 11.9. The average Bonchev–Trinajstić information content (AvgIpc) is 2.81. The molecule has 6 heteroatoms. The molecule has 0 aromatic carbocycles. The van der Waals surface area contributed by atoms with Crippen molar-refractivity contribution in [2.45, 2.75) is 38.8 Å². The summed E-state index contributed by atoms with van der Waals surface area (Å²) in [5, 5.41) is 16.2. The predicted molar refractivity (Wildman–Crippen MR) is 75.2 cm³/mol. The lowest BCUT2D eigenvalue weighted by molar-refractivity contribution is -0.124. The highest BCUT2D eigenvalue weighted by Crippen LogP contribution is 2.09. The fourth-order valence-electron chi connectivity index (χ4n) is 1.52. The molecular weight excluding hydrogens is 264 g/mol. The van der Waals surface area contributed by atoms with Crippen LogP contribution in [0.3, 0.4) is 0 Å². The quantitative estimate of drug-likeness (QED) is 0.733. The van der Waals surface area contributed by atoms with Crippen molar-refractivity contribution in [3.63, 3.8) is 0 Å². The SMILES string of the molecule is CC(NC(=O)c1cccs1)C(=O)NC(C)(C)CCO. The van der Waals surface area contributed by atoms with E-state index < -0.39 is 11.6 Å². The summed E-state index contributed by atoms with van der Waals surface area (Å²) in [5.74, 6) is -0.513. The maximum Gasteiger partial charge on any atom is 0.261 e. The normalized spacial score (nSPS) is 12.8. The molecule has 0 aliphatic carbocycles. The Morgan fingerprint density at radius 1 is 1.47 bits per heavy atom. The molecule has 0 fully saturated rings. The Morgan fingerprint density at radius 3 is 2.68 bits per heavy atom. The highest BCUT2D eigenvalue weighted by molar-refractivity contribution is 7.12. The third-order valence-electron chi connectivity index (χ3n) is 2.68. The van der Waals surface area contributed by atoms with Crippen molar-refractivity contribution in [2.75, 3.05) is 6.61 Å². The summed E-state index contributed by atoms with van der Waals surface area (Å²) in [4.78, 5) is 24.3. The van der Waals surface area contributed by atoms with Gasteiger partial charge in [0.2, 0.25) is 5.91 Å². The minimum Gasteiger partial charge on any atom is -0.396 e. The first-order chi connectivity index (χ1) is 8.85. The molecule has 0 aliphatic heterocycles. The van der Waals surface area contributed by atoms with E-state index in [0.29, 0.717) is 11.3 Å². The summed E-state index contributed by atoms with van der Waals surface area (Å²) >= 11 is 1.33. The zero-order valence-corrected chi connectivity index (χ0v) is 12.2. The largest absolute Gasteiger partial charge is 0.396 e. The van der Waals surface area contributed by atoms with Crippen molar-refractivity contribution in [2.24, 2.45) is 0 Å². The molecule has 0 spiro atoms. The number of carbonyl (C=O) groups excluding carboxylic acids is 2. The smallest absolute Gasteiger partial charge is 0.261 e. The van der Waals surface area contributed by atoms with Crippen LogP contribution >= 0.6 is 11.3 Å². The van der Waals surface area contributed by atoms with Crippen LogP contribution in [0.15, 0.2) is 17.5 Å². The van der Waals surface area contributed by atoms with E-state index in [4.69, 9.17) is 5.11 Å². The van der Waals surface area contributed by atoms with Crippen molar-refractivity contribution in [3.8, 4) is 0 Å². The molecule has 3 N–H and O–H groups in total. The predicted octanol–water partition coefficient (Wildman–Crippen LogP) is 1.14. The summed E-state index contributed by atoms with van der Waals surface area (Å²) in [6.45, 7) is 5.29. The lowest BCUT2D eigenvalue weighted by atomic mass is 10.0. The monoisotopic (exact) mass is 284 g/mol. The lowest BCUT2D eigenvalue weighted by Crippen LogP contribution is -2.52. The van der Waals surface area contributed by atoms with Gasteiger partial charge in [-0.05, 0) is 38.6 Å². The average molecular weight is 284 g/mol. The second-order valence-electron chi connectivity index (χ2n) is 5.02. The van der Waals surface area contributed by atoms with Crippen molar-refractivity contribution in [3.05, 3.63) is 22.4 Å². The summed E-state index contributed by atoms with van der Waals surface area (Å²) in [5.41, 5.74) is -0.492. The van der Waals surface area contributed by atoms with Crippen LogP contribution in [0.4, 0.5) is 0 Å². The van der Waals surface area contributed by atoms with E-state index >= 15 is 0 Å². The van der Waals surface area contributed by atoms with Crippen LogP contribution in [0.5, 0.6) is 0 Å². The number of carbonyl (C=O) groups is 2. The molecule has 1 rings (SSSR count). The van der Waals surface area contributed by atoms with Crippen LogP contribution in [0.25, 0.3) is 0 Å². The van der Waals surface area contributed by atoms with Gasteiger partial charge in [0.05, 0.1) is 4.88 Å². The van der Waals surface area contributed by atoms with Gasteiger partial charge in [-0.25, -0.2) is 0 Å². The number of aliphatic hydroxyl groups excluding tert-OH is 1. The third-order valence-corrected chi connectivity index (χ3v) is 3.55. The van der Waals surface area contributed by atoms with E-state index in [1.54, 1.807) is 19.1 Å². The molecule has 106 valence electrons. The molecule has 0 radical (unpaired) electrons. The molecule has 19 heavy (non-hydrogen) atoms. The first-order valence-corrected chi connectivity index (χ1v) is 7.01. The highest BCUT2D eigenvalue weighted by atomic mass is 32.1. The maximum absolute atomic E-state index is 11.9. The number of thiophene rings is 1. The van der Waals surface area contributed by atoms with E-state index in [2.05, 4.69) is 10.6 Å². The fraction of sp³-hybridized carbons (Fsp3) is 0.538. The van der Waals surface area contributed by atoms with Gasteiger partial charge in [0.1, 0.15) is 6.04 Å². The molecule has 1 atom stereocenters. The number of hydrogen-bond donors (Lipinski definition) is 3. The summed E-state index contributed by atoms with van der Waals surface area (Å²) in [6, 6.07) is 2.88. The Morgan fingerprint density at radius 2 is 2.16 bits per heavy atom. The van der Waals surface area contributed by atoms with E-state index in [9.17, 15) is 9.59 Å². The number of hydrogen-bond acceptors (Lipinski definition) is 4. The Bertz CT molecular complexity index is 429. The Balaban J connectivity index is 2.51. The van der Waals surface area contributed by atoms with Crippen LogP contribution in [0.2, 0.25) is 0 Å². The first-order valence-electron chi connectivity index (χ1n) is 6.13. The molecule has 1 aromatic rings. The number of aliphatic hydroxyl groups is 1. The first kappa shape index (κ1) is 15.7. The molecule has 0 saturated heterocycles. The van der Waals surface area contributed by atoms with E-state index in [1.807, 2.05) is 19.2 Å². The van der Waals surface area contributed by atoms with Crippen LogP contribution < -0.4 is 10.6 Å². The molecule has 1 heterocycles. The van der Waals surface area contributed by atoms with Gasteiger partial charge in [0, 0.05) is 12.1 Å². The molecule has 2 amide bonds. The van der Waals surface area contributed by atoms with Gasteiger partial charge in [-0.15, -0.1) is 11.3 Å². The number of amides is 2. The van der Waals surface area contributed by atoms with Crippen molar-refractivity contribution < 1.29 is 14.7 Å². The van der Waals surface area contributed by atoms with Gasteiger partial charge in [0.25, 0.3) is 5.91 Å². The van der Waals surface area contributed by atoms with Crippen molar-refractivity contribution in [1.82, 2.24) is 10.6 Å². The van der Waals surface area contributed by atoms with Gasteiger partial charge >= 0.3 is 0 Å². The zero-order chi connectivity index (χ0) is 14.5. The van der Waals surface area contributed by atoms with Crippen LogP contribution in [0, 0.1) is 0 Å². The summed E-state index contributed by atoms with van der Waals surface area (Å²) < 4.78 is 0. The van der Waals surface area contributed by atoms with E-state index in [0.717, 1.165) is 0 Å². The minimum absolute atomic E-state index is 0.00319. The lowest BCUT2D eigenvalue weighted by Gasteiger charge is -2.27. The Labute approximate surface area is 117 Å². The van der Waals surface area contributed by atoms with Gasteiger partial charge in [0.15, 0.2) is 0 Å². The molecule has 1 aromatic heterocycles. The van der Waals surface area contributed by atoms with Crippen LogP contribution in [-0.4, -0.2) is 35.1 Å². The number of rotatable bonds is 6. The standard InChI is InChI=1S/C13H20N2O3S/c1-9(11(17)15-13(2,3)6-7-16)14-12(18)10-5-4-8-19-10/h4-5,8-9,16H,6-7H2,1-3H3,(H,14,18)(H,15,17). The minimum atomic E-state index is -0.618. The Hall–Kier alpha value is -1.40. The van der Waals surface area contributed by atoms with Crippen molar-refractivity contribution >= 4 is 23.2 Å². The highest BCUT2D eigenvalue weighted by Gasteiger charge is 2.24. The van der Waals surface area contributed by atoms with Gasteiger partial charge in [-0.3, -0.25) is 9.59 Å². The molecule has 0 bridgehead atoms. The zero-order valence-electron chi connectivity index (χ0n) is 11.4. The van der Waals surface area contributed by atoms with E-state index in [1.165, 1.54) is 11.3 Å². The fourth-order valence-corrected chi connectivity index (χ4v) is 2.15. The summed E-state index contributed by atoms with van der Waals surface area (Å²) in [7, 11) is 0. The van der Waals surface area contributed by atoms with Crippen LogP contribution in [-0.2, 0) is 4.79 Å². The molecular formula is C13H20N2O3S. The molecule has 1 unspecified atom stereocenters. The van der Waals surface area contributed by atoms with E-state index in [-0.39, 0.29) is 18.4 Å². The second kappa shape index (κ2) is 6.68. The van der Waals surface area contributed by atoms with Gasteiger partial charge in [-0.2, -0.15) is 0 Å². The van der Waals surface area contributed by atoms with Crippen LogP contribution in [0.1, 0.15) is 36.9 Å². The third kappa shape index (κ3) is 5.00. The number of nitrogens with one attached hydrogen (secondary N) is 2. The summed E-state index contributed by atoms with van der Waals surface area (Å²) in [6.07, 6.45) is 0.463. The Kier molecular flexibility index (Phi) is 5.50. The second-order valence-corrected chi connectivity index (χ2v) is 5.97. The van der Waals surface area contributed by atoms with Gasteiger partial charge < -0.3 is 15.7 Å². The molecule has 5 nitrogen and oxygen atoms in total. The van der Waals surface area contributed by atoms with Gasteiger partial charge in [-0.1, -0.05) is 6.07 Å². The molecule has 0 saturated carbocycles. The molecule has 0 aliphatic rings. The topological polar surface area (TPSA) is 78.4 Å².